The van der Waals surface area contributed by atoms with E-state index in [2.05, 4.69) is 25.2 Å². The van der Waals surface area contributed by atoms with E-state index in [9.17, 15) is 18.0 Å². The number of halogens is 3. The molecule has 0 aliphatic carbocycles. The second-order valence-electron chi connectivity index (χ2n) is 9.62. The summed E-state index contributed by atoms with van der Waals surface area (Å²) in [6.07, 6.45) is -0.139. The molecular weight excluding hydrogens is 489 g/mol. The highest BCUT2D eigenvalue weighted by atomic mass is 19.4. The Kier molecular flexibility index (Phi) is 6.85. The Bertz CT molecular complexity index is 1400. The lowest BCUT2D eigenvalue weighted by Crippen LogP contribution is -2.32. The van der Waals surface area contributed by atoms with Crippen molar-refractivity contribution < 1.29 is 27.4 Å². The zero-order valence-electron chi connectivity index (χ0n) is 21.0. The van der Waals surface area contributed by atoms with E-state index in [1.165, 1.54) is 28.9 Å². The molecule has 1 amide bonds. The number of hydrogen-bond acceptors (Lipinski definition) is 6. The summed E-state index contributed by atoms with van der Waals surface area (Å²) in [5.41, 5.74) is 2.36. The summed E-state index contributed by atoms with van der Waals surface area (Å²) in [6.45, 7) is 9.34. The molecule has 3 heterocycles. The van der Waals surface area contributed by atoms with Crippen molar-refractivity contribution in [1.82, 2.24) is 29.9 Å². The average Bonchev–Trinajstić information content (AvgIpc) is 3.42. The van der Waals surface area contributed by atoms with Crippen molar-refractivity contribution in [1.29, 1.82) is 0 Å². The summed E-state index contributed by atoms with van der Waals surface area (Å²) in [7, 11) is 0. The van der Waals surface area contributed by atoms with Gasteiger partial charge in [-0.15, -0.1) is 13.2 Å². The Morgan fingerprint density at radius 2 is 1.81 bits per heavy atom. The number of ether oxygens (including phenoxy) is 2. The monoisotopic (exact) mass is 516 g/mol. The Balaban J connectivity index is 1.78. The molecule has 1 N–H and O–H groups in total. The molecule has 0 fully saturated rings. The predicted octanol–water partition coefficient (Wildman–Crippen LogP) is 5.79. The Morgan fingerprint density at radius 1 is 1.11 bits per heavy atom. The van der Waals surface area contributed by atoms with Gasteiger partial charge in [-0.3, -0.25) is 4.68 Å². The fourth-order valence-corrected chi connectivity index (χ4v) is 3.68. The van der Waals surface area contributed by atoms with Crippen molar-refractivity contribution in [2.45, 2.75) is 59.2 Å². The van der Waals surface area contributed by atoms with E-state index in [-0.39, 0.29) is 18.3 Å². The number of aromatic nitrogens is 5. The second kappa shape index (κ2) is 9.75. The summed E-state index contributed by atoms with van der Waals surface area (Å²) in [5, 5.41) is 12.5. The maximum absolute atomic E-state index is 12.6. The lowest BCUT2D eigenvalue weighted by Gasteiger charge is -2.19. The van der Waals surface area contributed by atoms with E-state index >= 15 is 0 Å². The van der Waals surface area contributed by atoms with Crippen LogP contribution in [0.1, 0.15) is 46.4 Å². The van der Waals surface area contributed by atoms with Gasteiger partial charge in [0.05, 0.1) is 29.5 Å². The van der Waals surface area contributed by atoms with Crippen LogP contribution in [0.15, 0.2) is 48.9 Å². The quantitative estimate of drug-likeness (QED) is 0.349. The third-order valence-corrected chi connectivity index (χ3v) is 5.20. The smallest absolute Gasteiger partial charge is 0.444 e. The van der Waals surface area contributed by atoms with Crippen LogP contribution in [0.2, 0.25) is 0 Å². The van der Waals surface area contributed by atoms with Crippen LogP contribution in [0.3, 0.4) is 0 Å². The van der Waals surface area contributed by atoms with Crippen LogP contribution in [-0.4, -0.2) is 42.6 Å². The molecule has 196 valence electrons. The molecule has 9 nitrogen and oxygen atoms in total. The number of amides is 1. The summed E-state index contributed by atoms with van der Waals surface area (Å²) < 4.78 is 50.4. The van der Waals surface area contributed by atoms with E-state index in [1.54, 1.807) is 33.2 Å². The van der Waals surface area contributed by atoms with Crippen molar-refractivity contribution >= 4 is 17.1 Å². The van der Waals surface area contributed by atoms with Crippen LogP contribution in [-0.2, 0) is 11.3 Å². The van der Waals surface area contributed by atoms with Gasteiger partial charge in [-0.2, -0.15) is 10.2 Å². The molecule has 0 aliphatic heterocycles. The molecule has 0 atom stereocenters. The minimum Gasteiger partial charge on any atom is -0.444 e. The first-order valence-electron chi connectivity index (χ1n) is 11.5. The highest BCUT2D eigenvalue weighted by Gasteiger charge is 2.31. The van der Waals surface area contributed by atoms with E-state index in [4.69, 9.17) is 4.74 Å². The van der Waals surface area contributed by atoms with Gasteiger partial charge in [0.2, 0.25) is 0 Å². The van der Waals surface area contributed by atoms with Gasteiger partial charge in [-0.05, 0) is 70.5 Å². The highest BCUT2D eigenvalue weighted by molar-refractivity contribution is 5.95. The van der Waals surface area contributed by atoms with E-state index < -0.39 is 18.1 Å². The number of rotatable bonds is 6. The van der Waals surface area contributed by atoms with Crippen LogP contribution in [0.4, 0.5) is 18.0 Å². The first kappa shape index (κ1) is 26.0. The topological polar surface area (TPSA) is 96.1 Å². The third kappa shape index (κ3) is 6.19. The summed E-state index contributed by atoms with van der Waals surface area (Å²) >= 11 is 0. The molecule has 37 heavy (non-hydrogen) atoms. The second-order valence-corrected chi connectivity index (χ2v) is 9.62. The number of fused-ring (bicyclic) bond motifs is 1. The average molecular weight is 517 g/mol. The Morgan fingerprint density at radius 3 is 2.41 bits per heavy atom. The summed E-state index contributed by atoms with van der Waals surface area (Å²) in [6, 6.07) is 7.28. The van der Waals surface area contributed by atoms with Crippen LogP contribution in [0, 0.1) is 0 Å². The molecule has 0 saturated carbocycles. The van der Waals surface area contributed by atoms with Crippen LogP contribution in [0.5, 0.6) is 5.75 Å². The first-order chi connectivity index (χ1) is 17.3. The van der Waals surface area contributed by atoms with Crippen molar-refractivity contribution in [2.24, 2.45) is 0 Å². The van der Waals surface area contributed by atoms with Crippen LogP contribution in [0.25, 0.3) is 27.8 Å². The zero-order chi connectivity index (χ0) is 27.0. The molecule has 4 rings (SSSR count). The molecule has 12 heteroatoms. The lowest BCUT2D eigenvalue weighted by molar-refractivity contribution is -0.274. The van der Waals surface area contributed by atoms with E-state index in [0.717, 1.165) is 11.1 Å². The molecule has 4 aromatic rings. The summed E-state index contributed by atoms with van der Waals surface area (Å²) in [4.78, 5) is 16.8. The molecule has 1 aromatic carbocycles. The van der Waals surface area contributed by atoms with Gasteiger partial charge in [0, 0.05) is 24.0 Å². The Hall–Kier alpha value is -4.09. The molecule has 3 aromatic heterocycles. The summed E-state index contributed by atoms with van der Waals surface area (Å²) in [5.74, 6) is -0.353. The van der Waals surface area contributed by atoms with Crippen LogP contribution >= 0.6 is 0 Å². The zero-order valence-corrected chi connectivity index (χ0v) is 21.0. The van der Waals surface area contributed by atoms with Gasteiger partial charge < -0.3 is 14.8 Å². The number of carbonyl (C=O) groups is 1. The molecular formula is C25H27F3N6O3. The molecule has 0 saturated heterocycles. The maximum Gasteiger partial charge on any atom is 0.573 e. The van der Waals surface area contributed by atoms with Crippen molar-refractivity contribution in [3.63, 3.8) is 0 Å². The largest absolute Gasteiger partial charge is 0.573 e. The molecule has 0 bridgehead atoms. The van der Waals surface area contributed by atoms with Gasteiger partial charge in [0.15, 0.2) is 5.65 Å². The Labute approximate surface area is 211 Å². The minimum atomic E-state index is -4.79. The van der Waals surface area contributed by atoms with Crippen molar-refractivity contribution in [3.8, 4) is 22.6 Å². The van der Waals surface area contributed by atoms with Gasteiger partial charge in [-0.1, -0.05) is 0 Å². The number of nitrogens with one attached hydrogen (secondary N) is 1. The lowest BCUT2D eigenvalue weighted by atomic mass is 10.1. The third-order valence-electron chi connectivity index (χ3n) is 5.20. The van der Waals surface area contributed by atoms with Crippen molar-refractivity contribution in [2.75, 3.05) is 0 Å². The van der Waals surface area contributed by atoms with E-state index in [1.807, 2.05) is 30.8 Å². The van der Waals surface area contributed by atoms with Gasteiger partial charge in [0.1, 0.15) is 11.4 Å². The van der Waals surface area contributed by atoms with Gasteiger partial charge in [-0.25, -0.2) is 14.5 Å². The number of hydrogen-bond donors (Lipinski definition) is 1. The number of carbonyl (C=O) groups excluding carboxylic acids is 1. The molecule has 0 unspecified atom stereocenters. The fourth-order valence-electron chi connectivity index (χ4n) is 3.68. The normalized spacial score (nSPS) is 12.2. The predicted molar refractivity (Wildman–Crippen MR) is 130 cm³/mol. The van der Waals surface area contributed by atoms with Gasteiger partial charge >= 0.3 is 12.5 Å². The molecule has 0 radical (unpaired) electrons. The molecule has 0 aliphatic rings. The highest BCUT2D eigenvalue weighted by Crippen LogP contribution is 2.32. The minimum absolute atomic E-state index is 0.0324. The van der Waals surface area contributed by atoms with Crippen LogP contribution < -0.4 is 10.1 Å². The number of pyridine rings is 1. The van der Waals surface area contributed by atoms with Crippen molar-refractivity contribution in [3.05, 3.63) is 54.6 Å². The number of nitrogens with zero attached hydrogens (tertiary/aromatic N) is 5. The first-order valence-corrected chi connectivity index (χ1v) is 11.5. The maximum atomic E-state index is 12.6. The molecule has 0 spiro atoms. The number of alkyl halides is 3. The number of alkyl carbamates (subject to hydrolysis) is 1. The van der Waals surface area contributed by atoms with Gasteiger partial charge in [0.25, 0.3) is 0 Å². The fraction of sp³-hybridized carbons (Fsp3) is 0.360. The standard InChI is InChI=1S/C25H27F3N6O3/c1-15(2)33-14-16(12-31-33)19-10-11-29-22-21(19)20(13-30-23(35)37-24(3,4)5)32-34(22)17-6-8-18(9-7-17)36-25(26,27)28/h6-12,14-15H,13H2,1-5H3,(H,30,35). The SMILES string of the molecule is CC(C)n1cc(-c2ccnc3c2c(CNC(=O)OC(C)(C)C)nn3-c2ccc(OC(F)(F)F)cc2)cn1. The number of benzene rings is 1. The van der Waals surface area contributed by atoms with E-state index in [0.29, 0.717) is 22.4 Å².